The van der Waals surface area contributed by atoms with Crippen molar-refractivity contribution in [1.29, 1.82) is 0 Å². The third-order valence-electron chi connectivity index (χ3n) is 3.85. The Balaban J connectivity index is 2.01. The standard InChI is InChI=1S/C14H21NO4S/c1-3-20(17,18)13-6-4-12(5-7-13)15-10-14(16)8-9-19-11(14)2/h4-7,11,15-16H,3,8-10H2,1-2H3. The van der Waals surface area contributed by atoms with Gasteiger partial charge in [-0.3, -0.25) is 0 Å². The van der Waals surface area contributed by atoms with Crippen molar-refractivity contribution in [1.82, 2.24) is 0 Å². The van der Waals surface area contributed by atoms with Crippen LogP contribution in [0.2, 0.25) is 0 Å². The Morgan fingerprint density at radius 2 is 2.05 bits per heavy atom. The van der Waals surface area contributed by atoms with Crippen LogP contribution in [0.4, 0.5) is 5.69 Å². The smallest absolute Gasteiger partial charge is 0.178 e. The monoisotopic (exact) mass is 299 g/mol. The van der Waals surface area contributed by atoms with Crippen LogP contribution in [0.3, 0.4) is 0 Å². The van der Waals surface area contributed by atoms with Gasteiger partial charge in [-0.05, 0) is 31.2 Å². The molecule has 1 aliphatic rings. The summed E-state index contributed by atoms with van der Waals surface area (Å²) in [5.74, 6) is 0.0916. The largest absolute Gasteiger partial charge is 0.385 e. The van der Waals surface area contributed by atoms with Crippen LogP contribution in [0.5, 0.6) is 0 Å². The van der Waals surface area contributed by atoms with Crippen molar-refractivity contribution >= 4 is 15.5 Å². The number of anilines is 1. The van der Waals surface area contributed by atoms with E-state index in [4.69, 9.17) is 4.74 Å². The number of benzene rings is 1. The molecule has 2 unspecified atom stereocenters. The first kappa shape index (κ1) is 15.3. The predicted molar refractivity (Wildman–Crippen MR) is 77.6 cm³/mol. The quantitative estimate of drug-likeness (QED) is 0.860. The highest BCUT2D eigenvalue weighted by molar-refractivity contribution is 7.91. The van der Waals surface area contributed by atoms with Gasteiger partial charge in [0.05, 0.1) is 16.8 Å². The summed E-state index contributed by atoms with van der Waals surface area (Å²) < 4.78 is 28.8. The molecular formula is C14H21NO4S. The van der Waals surface area contributed by atoms with Gasteiger partial charge in [-0.1, -0.05) is 6.92 Å². The molecule has 1 aromatic carbocycles. The average Bonchev–Trinajstić information content (AvgIpc) is 2.77. The molecule has 1 heterocycles. The summed E-state index contributed by atoms with van der Waals surface area (Å²) in [5.41, 5.74) is -0.0821. The highest BCUT2D eigenvalue weighted by Gasteiger charge is 2.39. The van der Waals surface area contributed by atoms with E-state index in [1.54, 1.807) is 31.2 Å². The SMILES string of the molecule is CCS(=O)(=O)c1ccc(NCC2(O)CCOC2C)cc1. The number of ether oxygens (including phenoxy) is 1. The summed E-state index contributed by atoms with van der Waals surface area (Å²) in [5, 5.41) is 13.5. The molecule has 1 aromatic rings. The molecular weight excluding hydrogens is 278 g/mol. The van der Waals surface area contributed by atoms with Crippen LogP contribution in [0.15, 0.2) is 29.2 Å². The summed E-state index contributed by atoms with van der Waals surface area (Å²) in [6.45, 7) is 4.42. The van der Waals surface area contributed by atoms with Gasteiger partial charge >= 0.3 is 0 Å². The third-order valence-corrected chi connectivity index (χ3v) is 5.60. The highest BCUT2D eigenvalue weighted by Crippen LogP contribution is 2.26. The summed E-state index contributed by atoms with van der Waals surface area (Å²) in [7, 11) is -3.16. The lowest BCUT2D eigenvalue weighted by Gasteiger charge is -2.26. The van der Waals surface area contributed by atoms with Gasteiger partial charge in [0.25, 0.3) is 0 Å². The Morgan fingerprint density at radius 3 is 2.55 bits per heavy atom. The van der Waals surface area contributed by atoms with Gasteiger partial charge in [-0.2, -0.15) is 0 Å². The van der Waals surface area contributed by atoms with Gasteiger partial charge in [0.15, 0.2) is 9.84 Å². The normalized spacial score (nSPS) is 26.6. The van der Waals surface area contributed by atoms with Crippen molar-refractivity contribution < 1.29 is 18.3 Å². The van der Waals surface area contributed by atoms with Crippen LogP contribution in [-0.2, 0) is 14.6 Å². The van der Waals surface area contributed by atoms with E-state index in [1.165, 1.54) is 0 Å². The Hall–Kier alpha value is -1.11. The molecule has 0 bridgehead atoms. The van der Waals surface area contributed by atoms with Crippen molar-refractivity contribution in [2.24, 2.45) is 0 Å². The van der Waals surface area contributed by atoms with Crippen LogP contribution in [0.25, 0.3) is 0 Å². The van der Waals surface area contributed by atoms with Crippen molar-refractivity contribution in [3.8, 4) is 0 Å². The molecule has 0 radical (unpaired) electrons. The van der Waals surface area contributed by atoms with Crippen LogP contribution in [0.1, 0.15) is 20.3 Å². The molecule has 20 heavy (non-hydrogen) atoms. The van der Waals surface area contributed by atoms with Crippen molar-refractivity contribution in [2.75, 3.05) is 24.2 Å². The predicted octanol–water partition coefficient (Wildman–Crippen LogP) is 1.43. The van der Waals surface area contributed by atoms with Crippen LogP contribution >= 0.6 is 0 Å². The fraction of sp³-hybridized carbons (Fsp3) is 0.571. The zero-order valence-corrected chi connectivity index (χ0v) is 12.6. The summed E-state index contributed by atoms with van der Waals surface area (Å²) >= 11 is 0. The zero-order valence-electron chi connectivity index (χ0n) is 11.8. The van der Waals surface area contributed by atoms with Gasteiger partial charge < -0.3 is 15.2 Å². The minimum Gasteiger partial charge on any atom is -0.385 e. The van der Waals surface area contributed by atoms with E-state index in [2.05, 4.69) is 5.32 Å². The molecule has 0 saturated carbocycles. The van der Waals surface area contributed by atoms with Gasteiger partial charge in [0.1, 0.15) is 5.60 Å². The van der Waals surface area contributed by atoms with Crippen molar-refractivity contribution in [3.05, 3.63) is 24.3 Å². The summed E-state index contributed by atoms with van der Waals surface area (Å²) in [4.78, 5) is 0.321. The Bertz CT molecular complexity index is 555. The molecule has 1 aliphatic heterocycles. The second kappa shape index (κ2) is 5.71. The number of sulfone groups is 1. The lowest BCUT2D eigenvalue weighted by molar-refractivity contribution is -0.0175. The van der Waals surface area contributed by atoms with Gasteiger partial charge in [-0.25, -0.2) is 8.42 Å². The van der Waals surface area contributed by atoms with E-state index in [1.807, 2.05) is 6.92 Å². The highest BCUT2D eigenvalue weighted by atomic mass is 32.2. The number of aliphatic hydroxyl groups is 1. The first-order valence-corrected chi connectivity index (χ1v) is 8.43. The number of hydrogen-bond donors (Lipinski definition) is 2. The molecule has 0 aliphatic carbocycles. The first-order chi connectivity index (χ1) is 9.37. The molecule has 2 atom stereocenters. The van der Waals surface area contributed by atoms with Crippen LogP contribution < -0.4 is 5.32 Å². The number of hydrogen-bond acceptors (Lipinski definition) is 5. The number of nitrogens with one attached hydrogen (secondary N) is 1. The fourth-order valence-electron chi connectivity index (χ4n) is 2.20. The molecule has 112 valence electrons. The minimum absolute atomic E-state index is 0.0916. The second-order valence-electron chi connectivity index (χ2n) is 5.15. The molecule has 2 N–H and O–H groups in total. The first-order valence-electron chi connectivity index (χ1n) is 6.78. The topological polar surface area (TPSA) is 75.6 Å². The molecule has 1 fully saturated rings. The molecule has 1 saturated heterocycles. The van der Waals surface area contributed by atoms with Crippen molar-refractivity contribution in [2.45, 2.75) is 36.9 Å². The maximum atomic E-state index is 11.7. The lowest BCUT2D eigenvalue weighted by atomic mass is 9.96. The minimum atomic E-state index is -3.16. The summed E-state index contributed by atoms with van der Waals surface area (Å²) in [6, 6.07) is 6.60. The average molecular weight is 299 g/mol. The van der Waals surface area contributed by atoms with E-state index in [-0.39, 0.29) is 11.9 Å². The molecule has 0 aromatic heterocycles. The maximum Gasteiger partial charge on any atom is 0.178 e. The van der Waals surface area contributed by atoms with E-state index in [0.29, 0.717) is 24.5 Å². The molecule has 6 heteroatoms. The third kappa shape index (κ3) is 3.13. The van der Waals surface area contributed by atoms with E-state index in [0.717, 1.165) is 5.69 Å². The van der Waals surface area contributed by atoms with Crippen LogP contribution in [-0.4, -0.2) is 44.1 Å². The zero-order chi connectivity index (χ0) is 14.8. The Labute approximate surface area is 119 Å². The van der Waals surface area contributed by atoms with E-state index >= 15 is 0 Å². The molecule has 5 nitrogen and oxygen atoms in total. The van der Waals surface area contributed by atoms with Gasteiger partial charge in [-0.15, -0.1) is 0 Å². The summed E-state index contributed by atoms with van der Waals surface area (Å²) in [6.07, 6.45) is 0.401. The van der Waals surface area contributed by atoms with Crippen LogP contribution in [0, 0.1) is 0 Å². The Kier molecular flexibility index (Phi) is 4.36. The molecule has 2 rings (SSSR count). The lowest BCUT2D eigenvalue weighted by Crippen LogP contribution is -2.43. The second-order valence-corrected chi connectivity index (χ2v) is 7.43. The van der Waals surface area contributed by atoms with Gasteiger partial charge in [0, 0.05) is 25.3 Å². The van der Waals surface area contributed by atoms with Crippen molar-refractivity contribution in [3.63, 3.8) is 0 Å². The fourth-order valence-corrected chi connectivity index (χ4v) is 3.09. The molecule has 0 amide bonds. The Morgan fingerprint density at radius 1 is 1.40 bits per heavy atom. The van der Waals surface area contributed by atoms with E-state index in [9.17, 15) is 13.5 Å². The molecule has 0 spiro atoms. The van der Waals surface area contributed by atoms with E-state index < -0.39 is 15.4 Å². The van der Waals surface area contributed by atoms with Gasteiger partial charge in [0.2, 0.25) is 0 Å². The maximum absolute atomic E-state index is 11.7. The number of rotatable bonds is 5.